The number of hydrogen-bond donors (Lipinski definition) is 3. The van der Waals surface area contributed by atoms with Crippen LogP contribution in [0.15, 0.2) is 36.4 Å². The average Bonchev–Trinajstić information content (AvgIpc) is 2.58. The van der Waals surface area contributed by atoms with E-state index in [0.29, 0.717) is 22.1 Å². The predicted molar refractivity (Wildman–Crippen MR) is 98.5 cm³/mol. The number of anilines is 3. The largest absolute Gasteiger partial charge is 0.495 e. The quantitative estimate of drug-likeness (QED) is 0.781. The van der Waals surface area contributed by atoms with Crippen LogP contribution in [0.25, 0.3) is 0 Å². The molecule has 3 rings (SSSR count). The van der Waals surface area contributed by atoms with Gasteiger partial charge in [-0.25, -0.2) is 0 Å². The highest BCUT2D eigenvalue weighted by atomic mass is 35.5. The standard InChI is InChI=1S/C18H18ClN3O3/c1-10-7-14(16(25-2)8-11(10)19)21-17(23)9-15-18(24)22-13-6-4-3-5-12(13)20-15/h3-8,15,20H,9H2,1-2H3,(H,21,23)(H,22,24). The second-order valence-electron chi connectivity index (χ2n) is 5.79. The first-order chi connectivity index (χ1) is 12.0. The van der Waals surface area contributed by atoms with Gasteiger partial charge in [-0.15, -0.1) is 0 Å². The number of para-hydroxylation sites is 2. The molecule has 6 nitrogen and oxygen atoms in total. The first-order valence-corrected chi connectivity index (χ1v) is 8.16. The van der Waals surface area contributed by atoms with Crippen LogP contribution in [0.2, 0.25) is 5.02 Å². The molecular weight excluding hydrogens is 342 g/mol. The topological polar surface area (TPSA) is 79.5 Å². The summed E-state index contributed by atoms with van der Waals surface area (Å²) in [6.45, 7) is 1.84. The summed E-state index contributed by atoms with van der Waals surface area (Å²) in [5.41, 5.74) is 2.84. The van der Waals surface area contributed by atoms with E-state index in [1.54, 1.807) is 18.2 Å². The summed E-state index contributed by atoms with van der Waals surface area (Å²) in [4.78, 5) is 24.6. The molecule has 1 atom stereocenters. The molecule has 130 valence electrons. The first kappa shape index (κ1) is 17.1. The van der Waals surface area contributed by atoms with Crippen molar-refractivity contribution in [3.05, 3.63) is 47.0 Å². The molecule has 0 aliphatic carbocycles. The van der Waals surface area contributed by atoms with E-state index in [1.807, 2.05) is 25.1 Å². The van der Waals surface area contributed by atoms with Crippen LogP contribution in [-0.4, -0.2) is 25.0 Å². The first-order valence-electron chi connectivity index (χ1n) is 7.78. The van der Waals surface area contributed by atoms with Crippen molar-refractivity contribution < 1.29 is 14.3 Å². The second-order valence-corrected chi connectivity index (χ2v) is 6.19. The van der Waals surface area contributed by atoms with Crippen LogP contribution in [0.1, 0.15) is 12.0 Å². The van der Waals surface area contributed by atoms with Crippen LogP contribution in [0.5, 0.6) is 5.75 Å². The predicted octanol–water partition coefficient (Wildman–Crippen LogP) is 3.42. The summed E-state index contributed by atoms with van der Waals surface area (Å²) < 4.78 is 5.25. The Morgan fingerprint density at radius 1 is 1.28 bits per heavy atom. The van der Waals surface area contributed by atoms with Crippen molar-refractivity contribution >= 4 is 40.5 Å². The van der Waals surface area contributed by atoms with E-state index in [4.69, 9.17) is 16.3 Å². The molecule has 0 fully saturated rings. The van der Waals surface area contributed by atoms with Crippen molar-refractivity contribution in [3.8, 4) is 5.75 Å². The molecule has 0 bridgehead atoms. The van der Waals surface area contributed by atoms with Crippen molar-refractivity contribution in [2.45, 2.75) is 19.4 Å². The zero-order valence-corrected chi connectivity index (χ0v) is 14.6. The maximum atomic E-state index is 12.4. The smallest absolute Gasteiger partial charge is 0.247 e. The lowest BCUT2D eigenvalue weighted by atomic mass is 10.1. The Hall–Kier alpha value is -2.73. The number of carbonyl (C=O) groups is 2. The summed E-state index contributed by atoms with van der Waals surface area (Å²) in [7, 11) is 1.50. The monoisotopic (exact) mass is 359 g/mol. The number of halogens is 1. The molecule has 2 amide bonds. The van der Waals surface area contributed by atoms with Gasteiger partial charge >= 0.3 is 0 Å². The summed E-state index contributed by atoms with van der Waals surface area (Å²) in [6.07, 6.45) is -0.00893. The van der Waals surface area contributed by atoms with Gasteiger partial charge in [0, 0.05) is 11.1 Å². The number of nitrogens with one attached hydrogen (secondary N) is 3. The number of fused-ring (bicyclic) bond motifs is 1. The Labute approximate surface area is 150 Å². The van der Waals surface area contributed by atoms with Crippen molar-refractivity contribution in [2.24, 2.45) is 0 Å². The Balaban J connectivity index is 1.71. The summed E-state index contributed by atoms with van der Waals surface area (Å²) in [5.74, 6) is -0.0736. The molecule has 2 aromatic carbocycles. The van der Waals surface area contributed by atoms with Crippen LogP contribution >= 0.6 is 11.6 Å². The van der Waals surface area contributed by atoms with E-state index >= 15 is 0 Å². The van der Waals surface area contributed by atoms with Gasteiger partial charge in [0.05, 0.1) is 30.6 Å². The van der Waals surface area contributed by atoms with Crippen LogP contribution in [0.4, 0.5) is 17.1 Å². The van der Waals surface area contributed by atoms with Gasteiger partial charge in [0.25, 0.3) is 0 Å². The molecule has 1 unspecified atom stereocenters. The summed E-state index contributed by atoms with van der Waals surface area (Å²) >= 11 is 6.07. The Morgan fingerprint density at radius 2 is 2.00 bits per heavy atom. The fraction of sp³-hybridized carbons (Fsp3) is 0.222. The van der Waals surface area contributed by atoms with Crippen LogP contribution in [-0.2, 0) is 9.59 Å². The van der Waals surface area contributed by atoms with Crippen molar-refractivity contribution in [1.82, 2.24) is 0 Å². The molecule has 0 saturated carbocycles. The molecule has 1 aliphatic rings. The number of carbonyl (C=O) groups excluding carboxylic acids is 2. The van der Waals surface area contributed by atoms with Crippen LogP contribution in [0, 0.1) is 6.92 Å². The van der Waals surface area contributed by atoms with Crippen molar-refractivity contribution in [3.63, 3.8) is 0 Å². The van der Waals surface area contributed by atoms with E-state index in [0.717, 1.165) is 11.3 Å². The van der Waals surface area contributed by atoms with E-state index in [2.05, 4.69) is 16.0 Å². The maximum Gasteiger partial charge on any atom is 0.247 e. The maximum absolute atomic E-state index is 12.4. The van der Waals surface area contributed by atoms with Gasteiger partial charge in [0.1, 0.15) is 11.8 Å². The number of benzene rings is 2. The SMILES string of the molecule is COc1cc(Cl)c(C)cc1NC(=O)CC1Nc2ccccc2NC1=O. The van der Waals surface area contributed by atoms with Crippen molar-refractivity contribution in [1.29, 1.82) is 0 Å². The molecule has 1 aliphatic heterocycles. The number of methoxy groups -OCH3 is 1. The molecule has 7 heteroatoms. The third-order valence-corrected chi connectivity index (χ3v) is 4.38. The van der Waals surface area contributed by atoms with Crippen LogP contribution < -0.4 is 20.7 Å². The van der Waals surface area contributed by atoms with Gasteiger partial charge in [-0.05, 0) is 30.7 Å². The lowest BCUT2D eigenvalue weighted by molar-refractivity contribution is -0.122. The fourth-order valence-corrected chi connectivity index (χ4v) is 2.80. The highest BCUT2D eigenvalue weighted by Gasteiger charge is 2.27. The molecule has 0 saturated heterocycles. The number of aryl methyl sites for hydroxylation is 1. The summed E-state index contributed by atoms with van der Waals surface area (Å²) in [6, 6.07) is 10.1. The lowest BCUT2D eigenvalue weighted by Crippen LogP contribution is -2.41. The Kier molecular flexibility index (Phi) is 4.81. The third kappa shape index (κ3) is 3.69. The minimum absolute atomic E-state index is 0.00893. The van der Waals surface area contributed by atoms with Gasteiger partial charge in [0.15, 0.2) is 0 Å². The third-order valence-electron chi connectivity index (χ3n) is 3.98. The van der Waals surface area contributed by atoms with Gasteiger partial charge in [-0.3, -0.25) is 9.59 Å². The highest BCUT2D eigenvalue weighted by Crippen LogP contribution is 2.31. The molecule has 0 spiro atoms. The van der Waals surface area contributed by atoms with E-state index in [9.17, 15) is 9.59 Å². The van der Waals surface area contributed by atoms with Gasteiger partial charge in [0.2, 0.25) is 11.8 Å². The van der Waals surface area contributed by atoms with Gasteiger partial charge in [-0.1, -0.05) is 23.7 Å². The van der Waals surface area contributed by atoms with Crippen LogP contribution in [0.3, 0.4) is 0 Å². The molecule has 3 N–H and O–H groups in total. The van der Waals surface area contributed by atoms with Gasteiger partial charge in [-0.2, -0.15) is 0 Å². The van der Waals surface area contributed by atoms with Gasteiger partial charge < -0.3 is 20.7 Å². The normalized spacial score (nSPS) is 15.6. The number of hydrogen-bond acceptors (Lipinski definition) is 4. The Bertz CT molecular complexity index is 838. The minimum atomic E-state index is -0.644. The molecule has 0 radical (unpaired) electrons. The van der Waals surface area contributed by atoms with Crippen molar-refractivity contribution in [2.75, 3.05) is 23.1 Å². The molecule has 25 heavy (non-hydrogen) atoms. The Morgan fingerprint density at radius 3 is 2.72 bits per heavy atom. The molecule has 2 aromatic rings. The second kappa shape index (κ2) is 7.03. The molecule has 1 heterocycles. The summed E-state index contributed by atoms with van der Waals surface area (Å²) in [5, 5.41) is 9.22. The van der Waals surface area contributed by atoms with E-state index in [-0.39, 0.29) is 18.2 Å². The zero-order valence-electron chi connectivity index (χ0n) is 13.9. The molecular formula is C18H18ClN3O3. The number of rotatable bonds is 4. The fourth-order valence-electron chi connectivity index (χ4n) is 2.65. The zero-order chi connectivity index (χ0) is 18.0. The molecule has 0 aromatic heterocycles. The minimum Gasteiger partial charge on any atom is -0.495 e. The highest BCUT2D eigenvalue weighted by molar-refractivity contribution is 6.31. The number of ether oxygens (including phenoxy) is 1. The van der Waals surface area contributed by atoms with E-state index < -0.39 is 6.04 Å². The average molecular weight is 360 g/mol. The van der Waals surface area contributed by atoms with E-state index in [1.165, 1.54) is 7.11 Å². The lowest BCUT2D eigenvalue weighted by Gasteiger charge is -2.26. The number of amides is 2.